The Hall–Kier alpha value is -1.10. The van der Waals surface area contributed by atoms with Gasteiger partial charge in [-0.05, 0) is 22.4 Å². The van der Waals surface area contributed by atoms with E-state index in [9.17, 15) is 0 Å². The Bertz CT molecular complexity index is 464. The van der Waals surface area contributed by atoms with Crippen LogP contribution in [0.1, 0.15) is 20.0 Å². The van der Waals surface area contributed by atoms with Crippen LogP contribution in [-0.2, 0) is 6.42 Å². The third-order valence-electron chi connectivity index (χ3n) is 2.12. The molecule has 0 saturated heterocycles. The standard InChI is InChI=1S/C9H11BrN4.CH4/c1-3-6-9(11-2)14-5-7(10)12-4-8(14)13-6;/h4-5,11H,3H2,1-2H3;1H4. The molecule has 4 nitrogen and oxygen atoms in total. The predicted octanol–water partition coefficient (Wildman–Crippen LogP) is 2.73. The summed E-state index contributed by atoms with van der Waals surface area (Å²) in [5.41, 5.74) is 1.93. The second-order valence-electron chi connectivity index (χ2n) is 2.95. The van der Waals surface area contributed by atoms with Gasteiger partial charge in [0.2, 0.25) is 0 Å². The van der Waals surface area contributed by atoms with Crippen LogP contribution in [-0.4, -0.2) is 21.4 Å². The number of hydrogen-bond donors (Lipinski definition) is 1. The highest BCUT2D eigenvalue weighted by atomic mass is 79.9. The molecule has 2 aromatic heterocycles. The summed E-state index contributed by atoms with van der Waals surface area (Å²) in [6.45, 7) is 2.09. The van der Waals surface area contributed by atoms with Gasteiger partial charge >= 0.3 is 0 Å². The Morgan fingerprint density at radius 1 is 1.53 bits per heavy atom. The van der Waals surface area contributed by atoms with Gasteiger partial charge in [0.05, 0.1) is 11.9 Å². The summed E-state index contributed by atoms with van der Waals surface area (Å²) in [5.74, 6) is 1.03. The molecule has 5 heteroatoms. The van der Waals surface area contributed by atoms with Crippen LogP contribution in [0.4, 0.5) is 5.82 Å². The molecule has 2 aromatic rings. The number of aromatic nitrogens is 3. The van der Waals surface area contributed by atoms with E-state index in [0.29, 0.717) is 0 Å². The smallest absolute Gasteiger partial charge is 0.157 e. The summed E-state index contributed by atoms with van der Waals surface area (Å²) in [4.78, 5) is 8.60. The van der Waals surface area contributed by atoms with Crippen LogP contribution in [0.3, 0.4) is 0 Å². The van der Waals surface area contributed by atoms with Crippen LogP contribution in [0.15, 0.2) is 17.0 Å². The van der Waals surface area contributed by atoms with E-state index in [0.717, 1.165) is 28.2 Å². The van der Waals surface area contributed by atoms with E-state index in [2.05, 4.69) is 38.1 Å². The van der Waals surface area contributed by atoms with E-state index < -0.39 is 0 Å². The maximum Gasteiger partial charge on any atom is 0.157 e. The molecule has 15 heavy (non-hydrogen) atoms. The van der Waals surface area contributed by atoms with Crippen molar-refractivity contribution in [3.8, 4) is 0 Å². The van der Waals surface area contributed by atoms with Crippen molar-refractivity contribution in [3.63, 3.8) is 0 Å². The molecule has 0 atom stereocenters. The summed E-state index contributed by atoms with van der Waals surface area (Å²) >= 11 is 3.34. The monoisotopic (exact) mass is 270 g/mol. The van der Waals surface area contributed by atoms with E-state index >= 15 is 0 Å². The van der Waals surface area contributed by atoms with Gasteiger partial charge in [0.15, 0.2) is 5.65 Å². The molecule has 0 bridgehead atoms. The fraction of sp³-hybridized carbons (Fsp3) is 0.400. The molecule has 0 aromatic carbocycles. The first kappa shape index (κ1) is 12.0. The van der Waals surface area contributed by atoms with Gasteiger partial charge in [-0.25, -0.2) is 9.97 Å². The number of rotatable bonds is 2. The molecule has 0 radical (unpaired) electrons. The third-order valence-corrected chi connectivity index (χ3v) is 2.53. The van der Waals surface area contributed by atoms with Crippen LogP contribution in [0.2, 0.25) is 0 Å². The van der Waals surface area contributed by atoms with E-state index in [4.69, 9.17) is 0 Å². The minimum Gasteiger partial charge on any atom is -0.373 e. The lowest BCUT2D eigenvalue weighted by Crippen LogP contribution is -1.97. The number of nitrogens with zero attached hydrogens (tertiary/aromatic N) is 3. The molecule has 0 aliphatic heterocycles. The van der Waals surface area contributed by atoms with Crippen molar-refractivity contribution in [3.05, 3.63) is 22.7 Å². The third kappa shape index (κ3) is 1.97. The summed E-state index contributed by atoms with van der Waals surface area (Å²) in [7, 11) is 1.90. The first-order valence-corrected chi connectivity index (χ1v) is 5.25. The van der Waals surface area contributed by atoms with Crippen molar-refractivity contribution < 1.29 is 0 Å². The second-order valence-corrected chi connectivity index (χ2v) is 3.76. The van der Waals surface area contributed by atoms with Crippen LogP contribution in [0.5, 0.6) is 0 Å². The highest BCUT2D eigenvalue weighted by molar-refractivity contribution is 9.10. The number of fused-ring (bicyclic) bond motifs is 1. The molecule has 0 aliphatic rings. The van der Waals surface area contributed by atoms with Crippen molar-refractivity contribution in [1.29, 1.82) is 0 Å². The number of aryl methyl sites for hydroxylation is 1. The maximum absolute atomic E-state index is 4.46. The highest BCUT2D eigenvalue weighted by Gasteiger charge is 2.09. The molecule has 2 rings (SSSR count). The lowest BCUT2D eigenvalue weighted by molar-refractivity contribution is 1.07. The summed E-state index contributed by atoms with van der Waals surface area (Å²) in [6, 6.07) is 0. The van der Waals surface area contributed by atoms with Crippen molar-refractivity contribution in [2.24, 2.45) is 0 Å². The summed E-state index contributed by atoms with van der Waals surface area (Å²) in [6.07, 6.45) is 4.58. The largest absolute Gasteiger partial charge is 0.373 e. The van der Waals surface area contributed by atoms with Crippen molar-refractivity contribution >= 4 is 27.4 Å². The van der Waals surface area contributed by atoms with Crippen LogP contribution in [0.25, 0.3) is 5.65 Å². The Balaban J connectivity index is 0.00000112. The van der Waals surface area contributed by atoms with Gasteiger partial charge in [-0.15, -0.1) is 0 Å². The molecular formula is C10H15BrN4. The van der Waals surface area contributed by atoms with Gasteiger partial charge < -0.3 is 5.32 Å². The van der Waals surface area contributed by atoms with Crippen LogP contribution in [0, 0.1) is 0 Å². The fourth-order valence-electron chi connectivity index (χ4n) is 1.49. The van der Waals surface area contributed by atoms with Gasteiger partial charge in [-0.3, -0.25) is 4.40 Å². The molecule has 0 fully saturated rings. The molecule has 1 N–H and O–H groups in total. The first-order valence-electron chi connectivity index (χ1n) is 4.46. The molecule has 2 heterocycles. The molecule has 0 spiro atoms. The molecule has 0 aliphatic carbocycles. The van der Waals surface area contributed by atoms with Gasteiger partial charge in [-0.1, -0.05) is 14.4 Å². The lowest BCUT2D eigenvalue weighted by atomic mass is 10.3. The number of anilines is 1. The van der Waals surface area contributed by atoms with Gasteiger partial charge in [0, 0.05) is 13.2 Å². The number of halogens is 1. The van der Waals surface area contributed by atoms with Crippen LogP contribution < -0.4 is 5.32 Å². The average Bonchev–Trinajstić information content (AvgIpc) is 2.54. The maximum atomic E-state index is 4.46. The summed E-state index contributed by atoms with van der Waals surface area (Å²) in [5, 5.41) is 3.15. The van der Waals surface area contributed by atoms with Crippen molar-refractivity contribution in [1.82, 2.24) is 14.4 Å². The molecule has 0 unspecified atom stereocenters. The second kappa shape index (κ2) is 4.61. The number of hydrogen-bond acceptors (Lipinski definition) is 3. The van der Waals surface area contributed by atoms with Crippen molar-refractivity contribution in [2.75, 3.05) is 12.4 Å². The van der Waals surface area contributed by atoms with E-state index in [1.165, 1.54) is 0 Å². The van der Waals surface area contributed by atoms with Gasteiger partial charge in [-0.2, -0.15) is 0 Å². The molecule has 82 valence electrons. The Kier molecular flexibility index (Phi) is 3.68. The van der Waals surface area contributed by atoms with Gasteiger partial charge in [0.1, 0.15) is 10.4 Å². The minimum absolute atomic E-state index is 0. The first-order chi connectivity index (χ1) is 6.76. The fourth-order valence-corrected chi connectivity index (χ4v) is 1.80. The molecule has 0 saturated carbocycles. The van der Waals surface area contributed by atoms with Crippen LogP contribution >= 0.6 is 15.9 Å². The minimum atomic E-state index is 0. The zero-order valence-electron chi connectivity index (χ0n) is 8.08. The van der Waals surface area contributed by atoms with Gasteiger partial charge in [0.25, 0.3) is 0 Å². The summed E-state index contributed by atoms with van der Waals surface area (Å²) < 4.78 is 2.80. The number of nitrogens with one attached hydrogen (secondary N) is 1. The van der Waals surface area contributed by atoms with E-state index in [-0.39, 0.29) is 7.43 Å². The van der Waals surface area contributed by atoms with E-state index in [1.807, 2.05) is 17.6 Å². The Labute approximate surface area is 97.9 Å². The zero-order valence-corrected chi connectivity index (χ0v) is 9.67. The molecular weight excluding hydrogens is 256 g/mol. The quantitative estimate of drug-likeness (QED) is 0.913. The Morgan fingerprint density at radius 2 is 2.27 bits per heavy atom. The van der Waals surface area contributed by atoms with E-state index in [1.54, 1.807) is 6.20 Å². The SMILES string of the molecule is C.CCc1nc2cnc(Br)cn2c1NC. The normalized spacial score (nSPS) is 10.1. The average molecular weight is 271 g/mol. The van der Waals surface area contributed by atoms with Crippen molar-refractivity contribution in [2.45, 2.75) is 20.8 Å². The topological polar surface area (TPSA) is 42.2 Å². The predicted molar refractivity (Wildman–Crippen MR) is 66.3 cm³/mol. The molecule has 0 amide bonds. The Morgan fingerprint density at radius 3 is 2.87 bits per heavy atom. The lowest BCUT2D eigenvalue weighted by Gasteiger charge is -2.01. The number of imidazole rings is 1. The highest BCUT2D eigenvalue weighted by Crippen LogP contribution is 2.19. The zero-order chi connectivity index (χ0) is 10.1.